The Morgan fingerprint density at radius 3 is 2.41 bits per heavy atom. The SMILES string of the molecule is Cn1c(N)nnc1SCc1cc(F)cc(F)c1. The molecule has 4 nitrogen and oxygen atoms in total. The van der Waals surface area contributed by atoms with Crippen molar-refractivity contribution in [3.63, 3.8) is 0 Å². The predicted molar refractivity (Wildman–Crippen MR) is 61.3 cm³/mol. The van der Waals surface area contributed by atoms with Crippen LogP contribution in [0.2, 0.25) is 0 Å². The van der Waals surface area contributed by atoms with E-state index in [2.05, 4.69) is 10.2 Å². The van der Waals surface area contributed by atoms with Gasteiger partial charge in [-0.25, -0.2) is 8.78 Å². The molecule has 17 heavy (non-hydrogen) atoms. The molecule has 2 N–H and O–H groups in total. The van der Waals surface area contributed by atoms with Gasteiger partial charge in [0, 0.05) is 18.9 Å². The number of benzene rings is 1. The molecule has 0 spiro atoms. The lowest BCUT2D eigenvalue weighted by molar-refractivity contribution is 0.581. The van der Waals surface area contributed by atoms with Crippen molar-refractivity contribution in [2.24, 2.45) is 7.05 Å². The second kappa shape index (κ2) is 4.70. The molecule has 1 aromatic heterocycles. The predicted octanol–water partition coefficient (Wildman–Crippen LogP) is 1.97. The van der Waals surface area contributed by atoms with Gasteiger partial charge in [-0.2, -0.15) is 0 Å². The number of nitrogens with zero attached hydrogens (tertiary/aromatic N) is 3. The van der Waals surface area contributed by atoms with Gasteiger partial charge in [-0.05, 0) is 17.7 Å². The molecule has 7 heteroatoms. The number of aromatic nitrogens is 3. The highest BCUT2D eigenvalue weighted by Crippen LogP contribution is 2.22. The second-order valence-corrected chi connectivity index (χ2v) is 4.41. The zero-order chi connectivity index (χ0) is 12.4. The van der Waals surface area contributed by atoms with E-state index >= 15 is 0 Å². The summed E-state index contributed by atoms with van der Waals surface area (Å²) in [4.78, 5) is 0. The molecule has 2 rings (SSSR count). The van der Waals surface area contributed by atoms with Crippen molar-refractivity contribution >= 4 is 17.7 Å². The normalized spacial score (nSPS) is 10.8. The third kappa shape index (κ3) is 2.73. The van der Waals surface area contributed by atoms with Crippen LogP contribution in [0.25, 0.3) is 0 Å². The smallest absolute Gasteiger partial charge is 0.222 e. The molecule has 0 bridgehead atoms. The number of rotatable bonds is 3. The van der Waals surface area contributed by atoms with E-state index in [1.165, 1.54) is 23.9 Å². The fourth-order valence-electron chi connectivity index (χ4n) is 1.29. The first-order chi connectivity index (χ1) is 8.06. The molecule has 0 aliphatic heterocycles. The number of nitrogens with two attached hydrogens (primary N) is 1. The van der Waals surface area contributed by atoms with Gasteiger partial charge in [0.1, 0.15) is 11.6 Å². The molecule has 1 aromatic carbocycles. The van der Waals surface area contributed by atoms with Crippen LogP contribution in [0, 0.1) is 11.6 Å². The Labute approximate surface area is 101 Å². The van der Waals surface area contributed by atoms with Crippen molar-refractivity contribution in [3.8, 4) is 0 Å². The van der Waals surface area contributed by atoms with E-state index in [1.807, 2.05) is 0 Å². The van der Waals surface area contributed by atoms with Crippen molar-refractivity contribution in [2.75, 3.05) is 5.73 Å². The van der Waals surface area contributed by atoms with Crippen molar-refractivity contribution in [1.82, 2.24) is 14.8 Å². The van der Waals surface area contributed by atoms with Gasteiger partial charge in [0.2, 0.25) is 5.95 Å². The van der Waals surface area contributed by atoms with Crippen LogP contribution >= 0.6 is 11.8 Å². The Kier molecular flexibility index (Phi) is 3.28. The topological polar surface area (TPSA) is 56.7 Å². The summed E-state index contributed by atoms with van der Waals surface area (Å²) < 4.78 is 27.5. The first-order valence-electron chi connectivity index (χ1n) is 4.79. The van der Waals surface area contributed by atoms with Crippen molar-refractivity contribution in [3.05, 3.63) is 35.4 Å². The number of hydrogen-bond donors (Lipinski definition) is 1. The van der Waals surface area contributed by atoms with E-state index in [4.69, 9.17) is 5.73 Å². The summed E-state index contributed by atoms with van der Waals surface area (Å²) in [5, 5.41) is 8.13. The molecule has 0 aliphatic carbocycles. The molecule has 0 unspecified atom stereocenters. The van der Waals surface area contributed by atoms with Crippen LogP contribution in [-0.2, 0) is 12.8 Å². The third-order valence-electron chi connectivity index (χ3n) is 2.16. The summed E-state index contributed by atoms with van der Waals surface area (Å²) in [5.74, 6) is -0.463. The second-order valence-electron chi connectivity index (χ2n) is 3.47. The Morgan fingerprint density at radius 1 is 1.24 bits per heavy atom. The summed E-state index contributed by atoms with van der Waals surface area (Å²) in [5.41, 5.74) is 6.06. The van der Waals surface area contributed by atoms with Crippen molar-refractivity contribution < 1.29 is 8.78 Å². The maximum absolute atomic E-state index is 12.9. The highest BCUT2D eigenvalue weighted by molar-refractivity contribution is 7.98. The van der Waals surface area contributed by atoms with Crippen LogP contribution < -0.4 is 5.73 Å². The lowest BCUT2D eigenvalue weighted by Crippen LogP contribution is -1.98. The Balaban J connectivity index is 2.09. The minimum atomic E-state index is -0.585. The molecule has 90 valence electrons. The average Bonchev–Trinajstić information content (AvgIpc) is 2.56. The van der Waals surface area contributed by atoms with E-state index < -0.39 is 11.6 Å². The number of halogens is 2. The molecule has 1 heterocycles. The molecule has 0 atom stereocenters. The zero-order valence-corrected chi connectivity index (χ0v) is 9.84. The summed E-state index contributed by atoms with van der Waals surface area (Å²) in [6, 6.07) is 3.42. The van der Waals surface area contributed by atoms with Gasteiger partial charge in [0.25, 0.3) is 0 Å². The molecular formula is C10H10F2N4S. The van der Waals surface area contributed by atoms with Gasteiger partial charge < -0.3 is 5.73 Å². The van der Waals surface area contributed by atoms with E-state index in [-0.39, 0.29) is 0 Å². The van der Waals surface area contributed by atoms with Gasteiger partial charge in [0.05, 0.1) is 0 Å². The summed E-state index contributed by atoms with van der Waals surface area (Å²) in [6.45, 7) is 0. The molecule has 0 fully saturated rings. The summed E-state index contributed by atoms with van der Waals surface area (Å²) in [6.07, 6.45) is 0. The molecule has 0 amide bonds. The molecular weight excluding hydrogens is 246 g/mol. The maximum atomic E-state index is 12.9. The monoisotopic (exact) mass is 256 g/mol. The molecule has 0 radical (unpaired) electrons. The maximum Gasteiger partial charge on any atom is 0.222 e. The van der Waals surface area contributed by atoms with Crippen LogP contribution in [0.3, 0.4) is 0 Å². The lowest BCUT2D eigenvalue weighted by atomic mass is 10.2. The van der Waals surface area contributed by atoms with Crippen LogP contribution in [0.5, 0.6) is 0 Å². The fourth-order valence-corrected chi connectivity index (χ4v) is 2.14. The minimum absolute atomic E-state index is 0.304. The zero-order valence-electron chi connectivity index (χ0n) is 9.02. The quantitative estimate of drug-likeness (QED) is 0.853. The Bertz CT molecular complexity index is 521. The van der Waals surface area contributed by atoms with Gasteiger partial charge in [-0.1, -0.05) is 11.8 Å². The first kappa shape index (κ1) is 11.8. The van der Waals surface area contributed by atoms with Gasteiger partial charge in [-0.3, -0.25) is 4.57 Å². The van der Waals surface area contributed by atoms with Crippen molar-refractivity contribution in [2.45, 2.75) is 10.9 Å². The molecule has 0 saturated heterocycles. The fraction of sp³-hybridized carbons (Fsp3) is 0.200. The summed E-state index contributed by atoms with van der Waals surface area (Å²) in [7, 11) is 1.73. The lowest BCUT2D eigenvalue weighted by Gasteiger charge is -2.02. The highest BCUT2D eigenvalue weighted by Gasteiger charge is 2.07. The molecule has 2 aromatic rings. The van der Waals surface area contributed by atoms with Gasteiger partial charge in [0.15, 0.2) is 5.16 Å². The van der Waals surface area contributed by atoms with Crippen LogP contribution in [0.4, 0.5) is 14.7 Å². The average molecular weight is 256 g/mol. The van der Waals surface area contributed by atoms with Gasteiger partial charge >= 0.3 is 0 Å². The van der Waals surface area contributed by atoms with Crippen LogP contribution in [-0.4, -0.2) is 14.8 Å². The molecule has 0 saturated carbocycles. The van der Waals surface area contributed by atoms with Crippen molar-refractivity contribution in [1.29, 1.82) is 0 Å². The van der Waals surface area contributed by atoms with E-state index in [0.29, 0.717) is 22.4 Å². The number of nitrogen functional groups attached to an aromatic ring is 1. The Hall–Kier alpha value is -1.63. The number of anilines is 1. The van der Waals surface area contributed by atoms with E-state index in [0.717, 1.165) is 6.07 Å². The minimum Gasteiger partial charge on any atom is -0.368 e. The Morgan fingerprint density at radius 2 is 1.88 bits per heavy atom. The van der Waals surface area contributed by atoms with Gasteiger partial charge in [-0.15, -0.1) is 10.2 Å². The highest BCUT2D eigenvalue weighted by atomic mass is 32.2. The summed E-state index contributed by atoms with van der Waals surface area (Å²) >= 11 is 1.31. The number of thioether (sulfide) groups is 1. The van der Waals surface area contributed by atoms with E-state index in [9.17, 15) is 8.78 Å². The standard InChI is InChI=1S/C10H10F2N4S/c1-16-9(13)14-15-10(16)17-5-6-2-7(11)4-8(12)3-6/h2-4H,5H2,1H3,(H2,13,14). The van der Waals surface area contributed by atoms with Crippen LogP contribution in [0.15, 0.2) is 23.4 Å². The number of hydrogen-bond acceptors (Lipinski definition) is 4. The molecule has 0 aliphatic rings. The van der Waals surface area contributed by atoms with E-state index in [1.54, 1.807) is 11.6 Å². The largest absolute Gasteiger partial charge is 0.368 e. The third-order valence-corrected chi connectivity index (χ3v) is 3.25. The first-order valence-corrected chi connectivity index (χ1v) is 5.77. The van der Waals surface area contributed by atoms with Crippen LogP contribution in [0.1, 0.15) is 5.56 Å².